The summed E-state index contributed by atoms with van der Waals surface area (Å²) >= 11 is 6.10. The molecule has 0 amide bonds. The number of hydrogen-bond acceptors (Lipinski definition) is 5. The van der Waals surface area contributed by atoms with E-state index >= 15 is 0 Å². The lowest BCUT2D eigenvalue weighted by Crippen LogP contribution is -2.20. The molecule has 1 aliphatic carbocycles. The van der Waals surface area contributed by atoms with Crippen molar-refractivity contribution in [2.45, 2.75) is 52.6 Å². The molecule has 1 N–H and O–H groups in total. The van der Waals surface area contributed by atoms with Crippen LogP contribution in [0.5, 0.6) is 0 Å². The molecule has 0 spiro atoms. The minimum atomic E-state index is -0.172. The smallest absolute Gasteiger partial charge is 0.218 e. The predicted molar refractivity (Wildman–Crippen MR) is 123 cm³/mol. The van der Waals surface area contributed by atoms with Gasteiger partial charge in [-0.05, 0) is 55.4 Å². The Morgan fingerprint density at radius 1 is 1.29 bits per heavy atom. The standard InChI is InChI=1S/C24H28ClN5O/c1-4-18-11-20(8-15(18)2)28-24-21(12-26-14-27-24)23(31)22-9-16(3)30(29-22)13-17-6-5-7-19(25)10-17/h5-7,9-10,12,14-15,18,20H,4,8,11,13H2,1-3H3,(H,26,27,28)/t15-,18-,20-/m0/s1. The first-order chi connectivity index (χ1) is 14.9. The first-order valence-corrected chi connectivity index (χ1v) is 11.2. The molecule has 0 unspecified atom stereocenters. The Hall–Kier alpha value is -2.73. The lowest BCUT2D eigenvalue weighted by Gasteiger charge is -2.15. The van der Waals surface area contributed by atoms with E-state index in [1.54, 1.807) is 6.20 Å². The van der Waals surface area contributed by atoms with Gasteiger partial charge in [0.15, 0.2) is 0 Å². The van der Waals surface area contributed by atoms with Crippen LogP contribution in [0.4, 0.5) is 5.82 Å². The average Bonchev–Trinajstić information content (AvgIpc) is 3.29. The van der Waals surface area contributed by atoms with Gasteiger partial charge in [-0.3, -0.25) is 9.48 Å². The molecule has 4 rings (SSSR count). The number of hydrogen-bond donors (Lipinski definition) is 1. The molecular weight excluding hydrogens is 410 g/mol. The normalized spacial score (nSPS) is 20.7. The first-order valence-electron chi connectivity index (χ1n) is 10.8. The summed E-state index contributed by atoms with van der Waals surface area (Å²) in [7, 11) is 0. The SMILES string of the molecule is CC[C@H]1C[C@@H](Nc2ncncc2C(=O)c2cc(C)n(Cc3cccc(Cl)c3)n2)C[C@@H]1C. The number of nitrogens with one attached hydrogen (secondary N) is 1. The van der Waals surface area contributed by atoms with Gasteiger partial charge >= 0.3 is 0 Å². The molecule has 31 heavy (non-hydrogen) atoms. The molecule has 7 heteroatoms. The zero-order valence-electron chi connectivity index (χ0n) is 18.2. The van der Waals surface area contributed by atoms with Crippen molar-refractivity contribution >= 4 is 23.2 Å². The number of aromatic nitrogens is 4. The molecule has 0 bridgehead atoms. The topological polar surface area (TPSA) is 72.7 Å². The molecule has 0 aliphatic heterocycles. The maximum Gasteiger partial charge on any atom is 0.218 e. The maximum absolute atomic E-state index is 13.3. The highest BCUT2D eigenvalue weighted by Crippen LogP contribution is 2.35. The molecule has 0 saturated heterocycles. The van der Waals surface area contributed by atoms with E-state index in [1.165, 1.54) is 12.7 Å². The number of ketones is 1. The van der Waals surface area contributed by atoms with Gasteiger partial charge in [0.2, 0.25) is 5.78 Å². The minimum absolute atomic E-state index is 0.172. The lowest BCUT2D eigenvalue weighted by atomic mass is 9.96. The van der Waals surface area contributed by atoms with Gasteiger partial charge in [0.1, 0.15) is 17.8 Å². The zero-order valence-corrected chi connectivity index (χ0v) is 18.9. The Labute approximate surface area is 188 Å². The van der Waals surface area contributed by atoms with Crippen LogP contribution in [0.25, 0.3) is 0 Å². The minimum Gasteiger partial charge on any atom is -0.367 e. The number of carbonyl (C=O) groups is 1. The van der Waals surface area contributed by atoms with Crippen LogP contribution in [0.3, 0.4) is 0 Å². The second-order valence-corrected chi connectivity index (χ2v) is 8.97. The van der Waals surface area contributed by atoms with Gasteiger partial charge in [-0.1, -0.05) is 44.0 Å². The summed E-state index contributed by atoms with van der Waals surface area (Å²) in [6, 6.07) is 9.79. The van der Waals surface area contributed by atoms with E-state index in [0.717, 1.165) is 24.1 Å². The average molecular weight is 438 g/mol. The van der Waals surface area contributed by atoms with Crippen molar-refractivity contribution in [2.75, 3.05) is 5.32 Å². The number of rotatable bonds is 7. The van der Waals surface area contributed by atoms with Crippen LogP contribution >= 0.6 is 11.6 Å². The summed E-state index contributed by atoms with van der Waals surface area (Å²) in [5.41, 5.74) is 2.79. The lowest BCUT2D eigenvalue weighted by molar-refractivity contribution is 0.103. The van der Waals surface area contributed by atoms with E-state index in [0.29, 0.717) is 46.5 Å². The summed E-state index contributed by atoms with van der Waals surface area (Å²) in [5, 5.41) is 8.75. The van der Waals surface area contributed by atoms with Gasteiger partial charge in [-0.15, -0.1) is 0 Å². The van der Waals surface area contributed by atoms with Gasteiger partial charge in [0.25, 0.3) is 0 Å². The molecule has 2 heterocycles. The van der Waals surface area contributed by atoms with Crippen molar-refractivity contribution in [3.05, 3.63) is 70.4 Å². The van der Waals surface area contributed by atoms with Crippen LogP contribution in [0, 0.1) is 18.8 Å². The quantitative estimate of drug-likeness (QED) is 0.517. The van der Waals surface area contributed by atoms with Crippen molar-refractivity contribution < 1.29 is 4.79 Å². The second-order valence-electron chi connectivity index (χ2n) is 8.53. The Morgan fingerprint density at radius 2 is 2.13 bits per heavy atom. The summed E-state index contributed by atoms with van der Waals surface area (Å²) in [5.74, 6) is 1.81. The van der Waals surface area contributed by atoms with Crippen molar-refractivity contribution in [1.82, 2.24) is 19.7 Å². The molecule has 3 atom stereocenters. The van der Waals surface area contributed by atoms with Crippen LogP contribution in [-0.2, 0) is 6.54 Å². The van der Waals surface area contributed by atoms with E-state index in [1.807, 2.05) is 41.9 Å². The van der Waals surface area contributed by atoms with Gasteiger partial charge in [-0.25, -0.2) is 9.97 Å². The molecule has 1 aromatic carbocycles. The van der Waals surface area contributed by atoms with E-state index < -0.39 is 0 Å². The zero-order chi connectivity index (χ0) is 22.0. The summed E-state index contributed by atoms with van der Waals surface area (Å²) in [4.78, 5) is 21.8. The monoisotopic (exact) mass is 437 g/mol. The maximum atomic E-state index is 13.3. The van der Waals surface area contributed by atoms with Gasteiger partial charge < -0.3 is 5.32 Å². The molecule has 1 aliphatic rings. The van der Waals surface area contributed by atoms with Gasteiger partial charge in [0.05, 0.1) is 12.1 Å². The highest BCUT2D eigenvalue weighted by Gasteiger charge is 2.31. The van der Waals surface area contributed by atoms with Crippen molar-refractivity contribution in [3.63, 3.8) is 0 Å². The third-order valence-corrected chi connectivity index (χ3v) is 6.54. The number of nitrogens with zero attached hydrogens (tertiary/aromatic N) is 4. The Morgan fingerprint density at radius 3 is 2.87 bits per heavy atom. The third-order valence-electron chi connectivity index (χ3n) is 6.31. The fraction of sp³-hybridized carbons (Fsp3) is 0.417. The molecule has 1 fully saturated rings. The molecular formula is C24H28ClN5O. The third kappa shape index (κ3) is 4.79. The number of aryl methyl sites for hydroxylation is 1. The molecule has 3 aromatic rings. The molecule has 6 nitrogen and oxygen atoms in total. The van der Waals surface area contributed by atoms with Gasteiger partial charge in [0, 0.05) is 23.0 Å². The number of benzene rings is 1. The number of anilines is 1. The summed E-state index contributed by atoms with van der Waals surface area (Å²) in [6.45, 7) is 7.04. The Bertz CT molecular complexity index is 1080. The molecule has 2 aromatic heterocycles. The van der Waals surface area contributed by atoms with E-state index in [2.05, 4.69) is 34.2 Å². The van der Waals surface area contributed by atoms with Crippen molar-refractivity contribution in [3.8, 4) is 0 Å². The van der Waals surface area contributed by atoms with Crippen LogP contribution < -0.4 is 5.32 Å². The first kappa shape index (κ1) is 21.5. The predicted octanol–water partition coefficient (Wildman–Crippen LogP) is 5.15. The van der Waals surface area contributed by atoms with Crippen LogP contribution in [-0.4, -0.2) is 31.6 Å². The van der Waals surface area contributed by atoms with Gasteiger partial charge in [-0.2, -0.15) is 5.10 Å². The summed E-state index contributed by atoms with van der Waals surface area (Å²) in [6.07, 6.45) is 6.43. The van der Waals surface area contributed by atoms with E-state index in [-0.39, 0.29) is 5.78 Å². The van der Waals surface area contributed by atoms with Crippen molar-refractivity contribution in [1.29, 1.82) is 0 Å². The fourth-order valence-corrected chi connectivity index (χ4v) is 4.77. The van der Waals surface area contributed by atoms with E-state index in [9.17, 15) is 4.79 Å². The molecule has 162 valence electrons. The molecule has 1 saturated carbocycles. The Balaban J connectivity index is 1.54. The van der Waals surface area contributed by atoms with Crippen molar-refractivity contribution in [2.24, 2.45) is 11.8 Å². The number of carbonyl (C=O) groups excluding carboxylic acids is 1. The summed E-state index contributed by atoms with van der Waals surface area (Å²) < 4.78 is 1.82. The molecule has 0 radical (unpaired) electrons. The highest BCUT2D eigenvalue weighted by molar-refractivity contribution is 6.30. The fourth-order valence-electron chi connectivity index (χ4n) is 4.55. The van der Waals surface area contributed by atoms with Crippen LogP contribution in [0.15, 0.2) is 42.9 Å². The van der Waals surface area contributed by atoms with Crippen LogP contribution in [0.2, 0.25) is 5.02 Å². The van der Waals surface area contributed by atoms with E-state index in [4.69, 9.17) is 11.6 Å². The number of halogens is 1. The Kier molecular flexibility index (Phi) is 6.37. The largest absolute Gasteiger partial charge is 0.367 e. The second kappa shape index (κ2) is 9.18. The highest BCUT2D eigenvalue weighted by atomic mass is 35.5. The van der Waals surface area contributed by atoms with Crippen LogP contribution in [0.1, 0.15) is 60.4 Å².